The summed E-state index contributed by atoms with van der Waals surface area (Å²) < 4.78 is 18.7. The first-order chi connectivity index (χ1) is 12.5. The third-order valence-corrected chi connectivity index (χ3v) is 4.39. The summed E-state index contributed by atoms with van der Waals surface area (Å²) in [4.78, 5) is 31.1. The number of aromatic nitrogens is 3. The number of H-pyrrole nitrogens is 1. The highest BCUT2D eigenvalue weighted by Gasteiger charge is 2.26. The first-order valence-corrected chi connectivity index (χ1v) is 8.18. The van der Waals surface area contributed by atoms with Crippen LogP contribution in [0.1, 0.15) is 16.2 Å². The molecule has 1 N–H and O–H groups in total. The second-order valence-electron chi connectivity index (χ2n) is 6.13. The first-order valence-electron chi connectivity index (χ1n) is 8.18. The van der Waals surface area contributed by atoms with Crippen molar-refractivity contribution in [1.29, 1.82) is 0 Å². The minimum absolute atomic E-state index is 0.0474. The van der Waals surface area contributed by atoms with E-state index in [2.05, 4.69) is 15.2 Å². The molecule has 0 atom stereocenters. The number of hydrogen-bond acceptors (Lipinski definition) is 6. The summed E-state index contributed by atoms with van der Waals surface area (Å²) in [6.07, 6.45) is 0. The second-order valence-corrected chi connectivity index (χ2v) is 6.13. The van der Waals surface area contributed by atoms with E-state index in [-0.39, 0.29) is 11.5 Å². The number of carbonyl (C=O) groups is 1. The van der Waals surface area contributed by atoms with E-state index in [4.69, 9.17) is 4.42 Å². The van der Waals surface area contributed by atoms with Crippen molar-refractivity contribution in [3.8, 4) is 0 Å². The van der Waals surface area contributed by atoms with Gasteiger partial charge in [-0.2, -0.15) is 0 Å². The molecular formula is C17H16FN5O3. The Balaban J connectivity index is 1.53. The lowest BCUT2D eigenvalue weighted by molar-refractivity contribution is 0.0743. The summed E-state index contributed by atoms with van der Waals surface area (Å²) >= 11 is 0. The van der Waals surface area contributed by atoms with Gasteiger partial charge in [0.25, 0.3) is 11.5 Å². The summed E-state index contributed by atoms with van der Waals surface area (Å²) in [6, 6.07) is 5.99. The fourth-order valence-electron chi connectivity index (χ4n) is 3.02. The molecule has 9 heteroatoms. The van der Waals surface area contributed by atoms with Gasteiger partial charge in [-0.15, -0.1) is 5.10 Å². The van der Waals surface area contributed by atoms with Gasteiger partial charge in [-0.1, -0.05) is 5.10 Å². The van der Waals surface area contributed by atoms with E-state index in [1.165, 1.54) is 24.3 Å². The van der Waals surface area contributed by atoms with Gasteiger partial charge < -0.3 is 19.2 Å². The van der Waals surface area contributed by atoms with Crippen molar-refractivity contribution in [2.24, 2.45) is 0 Å². The molecule has 1 amide bonds. The van der Waals surface area contributed by atoms with Crippen LogP contribution in [0.2, 0.25) is 0 Å². The molecular weight excluding hydrogens is 341 g/mol. The van der Waals surface area contributed by atoms with Gasteiger partial charge in [0.1, 0.15) is 11.4 Å². The van der Waals surface area contributed by atoms with Crippen LogP contribution >= 0.6 is 0 Å². The molecule has 26 heavy (non-hydrogen) atoms. The number of aryl methyl sites for hydroxylation is 1. The number of nitrogens with zero attached hydrogens (tertiary/aromatic N) is 4. The quantitative estimate of drug-likeness (QED) is 0.743. The van der Waals surface area contributed by atoms with E-state index in [0.29, 0.717) is 49.0 Å². The average molecular weight is 357 g/mol. The molecule has 4 rings (SSSR count). The SMILES string of the molecule is Cc1nnc(N2CCN(C(=O)c3cc4ccc(F)cc4[nH]c3=O)CC2)o1. The molecule has 1 fully saturated rings. The van der Waals surface area contributed by atoms with Crippen LogP contribution in [0.25, 0.3) is 10.9 Å². The predicted octanol–water partition coefficient (Wildman–Crippen LogP) is 1.32. The standard InChI is InChI=1S/C17H16FN5O3/c1-10-20-21-17(26-10)23-6-4-22(5-7-23)16(25)13-8-11-2-3-12(18)9-14(11)19-15(13)24/h2-3,8-9H,4-7H2,1H3,(H,19,24). The highest BCUT2D eigenvalue weighted by Crippen LogP contribution is 2.17. The Bertz CT molecular complexity index is 1040. The van der Waals surface area contributed by atoms with Gasteiger partial charge in [0.15, 0.2) is 0 Å². The van der Waals surface area contributed by atoms with Crippen LogP contribution in [0.5, 0.6) is 0 Å². The molecule has 1 aliphatic rings. The molecule has 0 bridgehead atoms. The van der Waals surface area contributed by atoms with Crippen molar-refractivity contribution in [1.82, 2.24) is 20.1 Å². The Hall–Kier alpha value is -3.23. The lowest BCUT2D eigenvalue weighted by atomic mass is 10.1. The number of aromatic amines is 1. The van der Waals surface area contributed by atoms with E-state index >= 15 is 0 Å². The molecule has 0 unspecified atom stereocenters. The summed E-state index contributed by atoms with van der Waals surface area (Å²) in [6.45, 7) is 3.64. The van der Waals surface area contributed by atoms with Gasteiger partial charge in [0, 0.05) is 33.1 Å². The molecule has 1 aromatic carbocycles. The van der Waals surface area contributed by atoms with E-state index in [0.717, 1.165) is 0 Å². The Morgan fingerprint density at radius 1 is 1.19 bits per heavy atom. The number of anilines is 1. The Kier molecular flexibility index (Phi) is 3.90. The third-order valence-electron chi connectivity index (χ3n) is 4.39. The maximum atomic E-state index is 13.3. The molecule has 2 aromatic heterocycles. The highest BCUT2D eigenvalue weighted by atomic mass is 19.1. The maximum absolute atomic E-state index is 13.3. The van der Waals surface area contributed by atoms with Gasteiger partial charge in [-0.05, 0) is 29.7 Å². The van der Waals surface area contributed by atoms with Crippen molar-refractivity contribution >= 4 is 22.8 Å². The van der Waals surface area contributed by atoms with Gasteiger partial charge >= 0.3 is 6.01 Å². The molecule has 134 valence electrons. The number of nitrogens with one attached hydrogen (secondary N) is 1. The van der Waals surface area contributed by atoms with Crippen LogP contribution in [0.4, 0.5) is 10.4 Å². The summed E-state index contributed by atoms with van der Waals surface area (Å²) in [5.74, 6) is -0.309. The molecule has 1 aliphatic heterocycles. The van der Waals surface area contributed by atoms with Crippen molar-refractivity contribution in [2.45, 2.75) is 6.92 Å². The molecule has 0 saturated carbocycles. The number of fused-ring (bicyclic) bond motifs is 1. The number of benzene rings is 1. The van der Waals surface area contributed by atoms with Gasteiger partial charge in [0.05, 0.1) is 5.52 Å². The van der Waals surface area contributed by atoms with Crippen molar-refractivity contribution in [3.05, 3.63) is 51.9 Å². The monoisotopic (exact) mass is 357 g/mol. The van der Waals surface area contributed by atoms with E-state index in [1.54, 1.807) is 11.8 Å². The first kappa shape index (κ1) is 16.2. The highest BCUT2D eigenvalue weighted by molar-refractivity contribution is 5.97. The Morgan fingerprint density at radius 2 is 1.96 bits per heavy atom. The second kappa shape index (κ2) is 6.25. The number of pyridine rings is 1. The minimum Gasteiger partial charge on any atom is -0.408 e. The lowest BCUT2D eigenvalue weighted by Crippen LogP contribution is -2.49. The van der Waals surface area contributed by atoms with E-state index in [1.807, 2.05) is 4.90 Å². The smallest absolute Gasteiger partial charge is 0.318 e. The van der Waals surface area contributed by atoms with E-state index in [9.17, 15) is 14.0 Å². The fraction of sp³-hybridized carbons (Fsp3) is 0.294. The van der Waals surface area contributed by atoms with Crippen LogP contribution < -0.4 is 10.5 Å². The Morgan fingerprint density at radius 3 is 2.65 bits per heavy atom. The maximum Gasteiger partial charge on any atom is 0.318 e. The van der Waals surface area contributed by atoms with Crippen LogP contribution in [-0.4, -0.2) is 52.2 Å². The van der Waals surface area contributed by atoms with Crippen LogP contribution in [0.15, 0.2) is 33.5 Å². The van der Waals surface area contributed by atoms with Crippen molar-refractivity contribution in [3.63, 3.8) is 0 Å². The van der Waals surface area contributed by atoms with Crippen LogP contribution in [-0.2, 0) is 0 Å². The van der Waals surface area contributed by atoms with Crippen LogP contribution in [0.3, 0.4) is 0 Å². The Labute approximate surface area is 147 Å². The molecule has 8 nitrogen and oxygen atoms in total. The average Bonchev–Trinajstić information content (AvgIpc) is 3.07. The van der Waals surface area contributed by atoms with Gasteiger partial charge in [-0.25, -0.2) is 4.39 Å². The molecule has 0 spiro atoms. The molecule has 0 aliphatic carbocycles. The fourth-order valence-corrected chi connectivity index (χ4v) is 3.02. The van der Waals surface area contributed by atoms with Crippen LogP contribution in [0, 0.1) is 12.7 Å². The number of piperazine rings is 1. The number of amides is 1. The summed E-state index contributed by atoms with van der Waals surface area (Å²) in [5.41, 5.74) is -0.114. The minimum atomic E-state index is -0.525. The van der Waals surface area contributed by atoms with Gasteiger partial charge in [0.2, 0.25) is 5.89 Å². The number of halogens is 1. The zero-order valence-corrected chi connectivity index (χ0v) is 14.0. The van der Waals surface area contributed by atoms with Gasteiger partial charge in [-0.3, -0.25) is 9.59 Å². The van der Waals surface area contributed by atoms with Crippen molar-refractivity contribution in [2.75, 3.05) is 31.1 Å². The lowest BCUT2D eigenvalue weighted by Gasteiger charge is -2.33. The molecule has 1 saturated heterocycles. The van der Waals surface area contributed by atoms with E-state index < -0.39 is 11.4 Å². The number of rotatable bonds is 2. The predicted molar refractivity (Wildman–Crippen MR) is 91.7 cm³/mol. The van der Waals surface area contributed by atoms with Crippen molar-refractivity contribution < 1.29 is 13.6 Å². The summed E-state index contributed by atoms with van der Waals surface area (Å²) in [7, 11) is 0. The number of hydrogen-bond donors (Lipinski definition) is 1. The normalized spacial score (nSPS) is 14.8. The molecule has 0 radical (unpaired) electrons. The largest absolute Gasteiger partial charge is 0.408 e. The summed E-state index contributed by atoms with van der Waals surface area (Å²) in [5, 5.41) is 8.38. The molecule has 3 aromatic rings. The third kappa shape index (κ3) is 2.92. The topological polar surface area (TPSA) is 95.3 Å². The zero-order valence-electron chi connectivity index (χ0n) is 14.0. The number of carbonyl (C=O) groups excluding carboxylic acids is 1. The zero-order chi connectivity index (χ0) is 18.3. The molecule has 3 heterocycles.